The highest BCUT2D eigenvalue weighted by molar-refractivity contribution is 5.81. The minimum atomic E-state index is -0.293. The molecule has 2 heteroatoms. The first-order valence-electron chi connectivity index (χ1n) is 6.75. The Morgan fingerprint density at radius 1 is 1.17 bits per heavy atom. The highest BCUT2D eigenvalue weighted by atomic mass is 16.5. The van der Waals surface area contributed by atoms with E-state index in [0.717, 1.165) is 12.8 Å². The first-order valence-corrected chi connectivity index (χ1v) is 6.75. The van der Waals surface area contributed by atoms with Crippen molar-refractivity contribution in [3.05, 3.63) is 36.0 Å². The van der Waals surface area contributed by atoms with Crippen molar-refractivity contribution >= 4 is 5.97 Å². The molecule has 0 aliphatic heterocycles. The second kappa shape index (κ2) is 12.2. The van der Waals surface area contributed by atoms with Crippen LogP contribution >= 0.6 is 0 Å². The number of carbonyl (C=O) groups excluding carboxylic acids is 1. The topological polar surface area (TPSA) is 26.3 Å². The van der Waals surface area contributed by atoms with Gasteiger partial charge in [-0.3, -0.25) is 0 Å². The summed E-state index contributed by atoms with van der Waals surface area (Å²) >= 11 is 0. The van der Waals surface area contributed by atoms with E-state index in [-0.39, 0.29) is 5.97 Å². The van der Waals surface area contributed by atoms with Crippen LogP contribution in [0.25, 0.3) is 0 Å². The molecule has 0 N–H and O–H groups in total. The fraction of sp³-hybridized carbons (Fsp3) is 0.562. The van der Waals surface area contributed by atoms with Gasteiger partial charge in [0.2, 0.25) is 0 Å². The van der Waals surface area contributed by atoms with Gasteiger partial charge in [0, 0.05) is 6.08 Å². The zero-order valence-corrected chi connectivity index (χ0v) is 11.9. The summed E-state index contributed by atoms with van der Waals surface area (Å²) in [5.41, 5.74) is 1.27. The molecule has 0 aliphatic carbocycles. The summed E-state index contributed by atoms with van der Waals surface area (Å²) in [5, 5.41) is 0. The van der Waals surface area contributed by atoms with Crippen LogP contribution in [-0.4, -0.2) is 13.1 Å². The average molecular weight is 250 g/mol. The molecular formula is C16H26O2. The fourth-order valence-corrected chi connectivity index (χ4v) is 1.49. The first kappa shape index (κ1) is 16.7. The van der Waals surface area contributed by atoms with Gasteiger partial charge < -0.3 is 4.74 Å². The van der Waals surface area contributed by atoms with Crippen LogP contribution in [0.2, 0.25) is 0 Å². The van der Waals surface area contributed by atoms with Gasteiger partial charge in [0.1, 0.15) is 0 Å². The van der Waals surface area contributed by atoms with Crippen LogP contribution in [0.3, 0.4) is 0 Å². The van der Waals surface area contributed by atoms with E-state index in [1.165, 1.54) is 44.4 Å². The van der Waals surface area contributed by atoms with Crippen molar-refractivity contribution in [3.8, 4) is 0 Å². The van der Waals surface area contributed by atoms with Gasteiger partial charge in [-0.15, -0.1) is 0 Å². The van der Waals surface area contributed by atoms with Crippen molar-refractivity contribution in [2.75, 3.05) is 7.11 Å². The third-order valence-corrected chi connectivity index (χ3v) is 2.64. The molecule has 0 aromatic rings. The Morgan fingerprint density at radius 3 is 2.61 bits per heavy atom. The lowest BCUT2D eigenvalue weighted by Gasteiger charge is -1.95. The minimum absolute atomic E-state index is 0.293. The van der Waals surface area contributed by atoms with Crippen molar-refractivity contribution in [2.45, 2.75) is 52.4 Å². The van der Waals surface area contributed by atoms with Crippen LogP contribution in [0.5, 0.6) is 0 Å². The molecule has 0 fully saturated rings. The van der Waals surface area contributed by atoms with E-state index < -0.39 is 0 Å². The van der Waals surface area contributed by atoms with E-state index in [1.54, 1.807) is 0 Å². The number of unbranched alkanes of at least 4 members (excludes halogenated alkanes) is 3. The van der Waals surface area contributed by atoms with Gasteiger partial charge >= 0.3 is 5.97 Å². The molecule has 0 bridgehead atoms. The predicted octanol–water partition coefficient (Wildman–Crippen LogP) is 4.58. The normalized spacial score (nSPS) is 12.5. The van der Waals surface area contributed by atoms with Crippen LogP contribution < -0.4 is 0 Å². The summed E-state index contributed by atoms with van der Waals surface area (Å²) in [6.45, 7) is 4.30. The summed E-state index contributed by atoms with van der Waals surface area (Å²) in [6, 6.07) is 0. The lowest BCUT2D eigenvalue weighted by molar-refractivity contribution is -0.134. The number of esters is 1. The minimum Gasteiger partial charge on any atom is -0.466 e. The fourth-order valence-electron chi connectivity index (χ4n) is 1.49. The zero-order chi connectivity index (χ0) is 13.6. The molecule has 0 heterocycles. The Balaban J connectivity index is 3.70. The lowest BCUT2D eigenvalue weighted by Crippen LogP contribution is -1.93. The molecule has 0 rings (SSSR count). The third-order valence-electron chi connectivity index (χ3n) is 2.64. The maximum absolute atomic E-state index is 10.8. The van der Waals surface area contributed by atoms with Crippen LogP contribution in [0.15, 0.2) is 36.0 Å². The summed E-state index contributed by atoms with van der Waals surface area (Å²) in [7, 11) is 1.39. The van der Waals surface area contributed by atoms with Crippen molar-refractivity contribution in [2.24, 2.45) is 0 Å². The van der Waals surface area contributed by atoms with Gasteiger partial charge in [0.05, 0.1) is 7.11 Å². The summed E-state index contributed by atoms with van der Waals surface area (Å²) in [6.07, 6.45) is 16.8. The van der Waals surface area contributed by atoms with Crippen LogP contribution in [0.1, 0.15) is 52.4 Å². The number of hydrogen-bond donors (Lipinski definition) is 0. The molecule has 102 valence electrons. The number of hydrogen-bond acceptors (Lipinski definition) is 2. The lowest BCUT2D eigenvalue weighted by atomic mass is 10.1. The van der Waals surface area contributed by atoms with Gasteiger partial charge in [-0.05, 0) is 32.6 Å². The maximum atomic E-state index is 10.8. The van der Waals surface area contributed by atoms with Gasteiger partial charge in [-0.1, -0.05) is 49.6 Å². The van der Waals surface area contributed by atoms with E-state index in [2.05, 4.69) is 36.8 Å². The Kier molecular flexibility index (Phi) is 11.3. The van der Waals surface area contributed by atoms with Crippen molar-refractivity contribution in [1.82, 2.24) is 0 Å². The third kappa shape index (κ3) is 11.2. The molecule has 0 aromatic carbocycles. The summed E-state index contributed by atoms with van der Waals surface area (Å²) < 4.78 is 4.52. The van der Waals surface area contributed by atoms with Crippen LogP contribution in [0, 0.1) is 0 Å². The molecule has 0 amide bonds. The Labute approximate surface area is 111 Å². The summed E-state index contributed by atoms with van der Waals surface area (Å²) in [4.78, 5) is 10.8. The van der Waals surface area contributed by atoms with Crippen LogP contribution in [0.4, 0.5) is 0 Å². The standard InChI is InChI=1S/C16H26O2/c1-4-5-6-7-8-9-10-12-15(2)13-11-14-16(17)18-3/h8-9,11-12,14H,4-7,10,13H2,1-3H3/b9-8+,14-11+,15-12+. The number of carbonyl (C=O) groups is 1. The monoisotopic (exact) mass is 250 g/mol. The second-order valence-corrected chi connectivity index (χ2v) is 4.38. The maximum Gasteiger partial charge on any atom is 0.330 e. The smallest absolute Gasteiger partial charge is 0.330 e. The van der Waals surface area contributed by atoms with Crippen molar-refractivity contribution in [1.29, 1.82) is 0 Å². The first-order chi connectivity index (χ1) is 8.70. The number of methoxy groups -OCH3 is 1. The molecule has 0 saturated heterocycles. The molecule has 0 saturated carbocycles. The molecule has 0 unspecified atom stereocenters. The van der Waals surface area contributed by atoms with Gasteiger partial charge in [0.25, 0.3) is 0 Å². The summed E-state index contributed by atoms with van der Waals surface area (Å²) in [5.74, 6) is -0.293. The van der Waals surface area contributed by atoms with E-state index in [9.17, 15) is 4.79 Å². The molecule has 0 atom stereocenters. The number of ether oxygens (including phenoxy) is 1. The van der Waals surface area contributed by atoms with Crippen LogP contribution in [-0.2, 0) is 9.53 Å². The van der Waals surface area contributed by atoms with E-state index in [1.807, 2.05) is 6.08 Å². The van der Waals surface area contributed by atoms with Crippen molar-refractivity contribution < 1.29 is 9.53 Å². The van der Waals surface area contributed by atoms with Crippen molar-refractivity contribution in [3.63, 3.8) is 0 Å². The molecule has 0 aliphatic rings. The molecule has 0 radical (unpaired) electrons. The highest BCUT2D eigenvalue weighted by Gasteiger charge is 1.90. The molecular weight excluding hydrogens is 224 g/mol. The Bertz CT molecular complexity index is 298. The van der Waals surface area contributed by atoms with E-state index >= 15 is 0 Å². The molecule has 0 spiro atoms. The Hall–Kier alpha value is -1.31. The SMILES string of the molecule is CCCCC/C=C/C/C=C(\C)C/C=C/C(=O)OC. The quantitative estimate of drug-likeness (QED) is 0.259. The van der Waals surface area contributed by atoms with Gasteiger partial charge in [-0.25, -0.2) is 4.79 Å². The molecule has 0 aromatic heterocycles. The Morgan fingerprint density at radius 2 is 1.94 bits per heavy atom. The number of rotatable bonds is 9. The average Bonchev–Trinajstić information content (AvgIpc) is 2.37. The van der Waals surface area contributed by atoms with Gasteiger partial charge in [-0.2, -0.15) is 0 Å². The largest absolute Gasteiger partial charge is 0.466 e. The highest BCUT2D eigenvalue weighted by Crippen LogP contribution is 2.05. The molecule has 2 nitrogen and oxygen atoms in total. The number of allylic oxidation sites excluding steroid dienone is 5. The zero-order valence-electron chi connectivity index (χ0n) is 11.9. The van der Waals surface area contributed by atoms with E-state index in [0.29, 0.717) is 0 Å². The van der Waals surface area contributed by atoms with Gasteiger partial charge in [0.15, 0.2) is 0 Å². The molecule has 18 heavy (non-hydrogen) atoms. The predicted molar refractivity (Wildman–Crippen MR) is 77.4 cm³/mol. The second-order valence-electron chi connectivity index (χ2n) is 4.38. The van der Waals surface area contributed by atoms with E-state index in [4.69, 9.17) is 0 Å².